The third kappa shape index (κ3) is 5.51. The molecule has 2 aromatic rings. The van der Waals surface area contributed by atoms with Crippen LogP contribution in [0.25, 0.3) is 0 Å². The number of hydrogen-bond acceptors (Lipinski definition) is 5. The molecule has 0 bridgehead atoms. The summed E-state index contributed by atoms with van der Waals surface area (Å²) in [6, 6.07) is 13.4. The van der Waals surface area contributed by atoms with Crippen LogP contribution in [0.4, 0.5) is 13.2 Å². The Bertz CT molecular complexity index is 1070. The zero-order chi connectivity index (χ0) is 22.8. The lowest BCUT2D eigenvalue weighted by molar-refractivity contribution is -0.137. The number of hydrogen-bond donors (Lipinski definition) is 2. The quantitative estimate of drug-likeness (QED) is 0.671. The highest BCUT2D eigenvalue weighted by Gasteiger charge is 2.43. The van der Waals surface area contributed by atoms with Crippen molar-refractivity contribution in [3.63, 3.8) is 0 Å². The number of piperidine rings is 1. The third-order valence-electron chi connectivity index (χ3n) is 6.00. The summed E-state index contributed by atoms with van der Waals surface area (Å²) >= 11 is 0. The number of halogens is 4. The van der Waals surface area contributed by atoms with Gasteiger partial charge < -0.3 is 10.6 Å². The molecule has 2 aliphatic rings. The lowest BCUT2D eigenvalue weighted by atomic mass is 9.85. The Balaban J connectivity index is 0.00000306. The summed E-state index contributed by atoms with van der Waals surface area (Å²) in [5.74, 6) is 0.736. The monoisotopic (exact) mass is 502 g/mol. The second-order valence-electron chi connectivity index (χ2n) is 8.00. The predicted octanol–water partition coefficient (Wildman–Crippen LogP) is 3.44. The highest BCUT2D eigenvalue weighted by molar-refractivity contribution is 7.89. The zero-order valence-electron chi connectivity index (χ0n) is 17.8. The number of sulfonamides is 1. The first-order valence-corrected chi connectivity index (χ1v) is 11.9. The van der Waals surface area contributed by atoms with Gasteiger partial charge in [0.2, 0.25) is 10.0 Å². The highest BCUT2D eigenvalue weighted by Crippen LogP contribution is 2.30. The van der Waals surface area contributed by atoms with Crippen LogP contribution in [0.5, 0.6) is 0 Å². The van der Waals surface area contributed by atoms with E-state index in [0.29, 0.717) is 51.1 Å². The highest BCUT2D eigenvalue weighted by atomic mass is 35.5. The van der Waals surface area contributed by atoms with Crippen molar-refractivity contribution < 1.29 is 21.6 Å². The lowest BCUT2D eigenvalue weighted by Crippen LogP contribution is -2.64. The van der Waals surface area contributed by atoms with E-state index in [9.17, 15) is 21.6 Å². The molecule has 4 rings (SSSR count). The molecule has 6 nitrogen and oxygen atoms in total. The molecule has 0 amide bonds. The fourth-order valence-corrected chi connectivity index (χ4v) is 5.65. The van der Waals surface area contributed by atoms with Crippen LogP contribution in [-0.4, -0.2) is 50.3 Å². The number of nitrogens with one attached hydrogen (secondary N) is 2. The summed E-state index contributed by atoms with van der Waals surface area (Å²) in [5.41, 5.74) is -0.431. The van der Waals surface area contributed by atoms with Crippen LogP contribution in [0.15, 0.2) is 64.5 Å². The van der Waals surface area contributed by atoms with E-state index >= 15 is 0 Å². The largest absolute Gasteiger partial charge is 0.416 e. The van der Waals surface area contributed by atoms with Crippen LogP contribution in [0.2, 0.25) is 0 Å². The van der Waals surface area contributed by atoms with Crippen molar-refractivity contribution in [2.75, 3.05) is 26.2 Å². The van der Waals surface area contributed by atoms with Crippen LogP contribution >= 0.6 is 12.4 Å². The van der Waals surface area contributed by atoms with Gasteiger partial charge in [0.05, 0.1) is 22.5 Å². The molecule has 2 aliphatic heterocycles. The van der Waals surface area contributed by atoms with Crippen LogP contribution in [0.3, 0.4) is 0 Å². The van der Waals surface area contributed by atoms with Gasteiger partial charge in [0.15, 0.2) is 0 Å². The Morgan fingerprint density at radius 2 is 1.67 bits per heavy atom. The smallest absolute Gasteiger partial charge is 0.368 e. The number of rotatable bonds is 4. The molecule has 2 N–H and O–H groups in total. The van der Waals surface area contributed by atoms with Gasteiger partial charge >= 0.3 is 6.18 Å². The molecule has 33 heavy (non-hydrogen) atoms. The van der Waals surface area contributed by atoms with Gasteiger partial charge in [0, 0.05) is 26.2 Å². The minimum absolute atomic E-state index is 0. The number of amidine groups is 1. The normalized spacial score (nSPS) is 18.9. The van der Waals surface area contributed by atoms with Gasteiger partial charge in [-0.1, -0.05) is 30.3 Å². The number of benzene rings is 2. The van der Waals surface area contributed by atoms with Crippen molar-refractivity contribution in [2.24, 2.45) is 4.99 Å². The Kier molecular flexibility index (Phi) is 7.73. The van der Waals surface area contributed by atoms with E-state index in [0.717, 1.165) is 18.0 Å². The molecular weight excluding hydrogens is 477 g/mol. The van der Waals surface area contributed by atoms with Crippen molar-refractivity contribution in [3.8, 4) is 0 Å². The minimum atomic E-state index is -4.36. The lowest BCUT2D eigenvalue weighted by Gasteiger charge is -2.44. The molecular formula is C22H26ClF3N4O2S. The molecule has 180 valence electrons. The maximum absolute atomic E-state index is 12.9. The Morgan fingerprint density at radius 3 is 2.27 bits per heavy atom. The van der Waals surface area contributed by atoms with E-state index in [4.69, 9.17) is 0 Å². The average molecular weight is 503 g/mol. The number of alkyl halides is 3. The summed E-state index contributed by atoms with van der Waals surface area (Å²) in [5, 5.41) is 6.78. The molecule has 1 spiro atoms. The molecule has 2 aromatic carbocycles. The molecule has 0 atom stereocenters. The summed E-state index contributed by atoms with van der Waals surface area (Å²) in [7, 11) is -3.55. The van der Waals surface area contributed by atoms with Gasteiger partial charge in [-0.25, -0.2) is 8.42 Å². The number of nitrogens with zero attached hydrogens (tertiary/aromatic N) is 2. The molecule has 1 fully saturated rings. The van der Waals surface area contributed by atoms with Gasteiger partial charge in [-0.3, -0.25) is 4.99 Å². The molecule has 0 aromatic heterocycles. The van der Waals surface area contributed by atoms with Gasteiger partial charge in [0.1, 0.15) is 5.84 Å². The maximum atomic E-state index is 12.9. The maximum Gasteiger partial charge on any atom is 0.416 e. The molecule has 1 saturated heterocycles. The molecule has 11 heteroatoms. The van der Waals surface area contributed by atoms with Gasteiger partial charge in [-0.2, -0.15) is 17.5 Å². The fourth-order valence-electron chi connectivity index (χ4n) is 4.18. The Morgan fingerprint density at radius 1 is 1.03 bits per heavy atom. The van der Waals surface area contributed by atoms with Gasteiger partial charge in [-0.15, -0.1) is 12.4 Å². The predicted molar refractivity (Wildman–Crippen MR) is 123 cm³/mol. The summed E-state index contributed by atoms with van der Waals surface area (Å²) in [6.07, 6.45) is -3.25. The summed E-state index contributed by atoms with van der Waals surface area (Å²) in [4.78, 5) is 4.90. The van der Waals surface area contributed by atoms with Crippen LogP contribution < -0.4 is 10.6 Å². The average Bonchev–Trinajstić information content (AvgIpc) is 2.79. The van der Waals surface area contributed by atoms with Crippen molar-refractivity contribution in [2.45, 2.75) is 36.0 Å². The molecule has 0 aliphatic carbocycles. The van der Waals surface area contributed by atoms with E-state index < -0.39 is 27.3 Å². The van der Waals surface area contributed by atoms with E-state index in [1.54, 1.807) is 30.3 Å². The minimum Gasteiger partial charge on any atom is -0.368 e. The van der Waals surface area contributed by atoms with Crippen molar-refractivity contribution in [1.82, 2.24) is 14.9 Å². The topological polar surface area (TPSA) is 73.8 Å². The van der Waals surface area contributed by atoms with Crippen molar-refractivity contribution in [3.05, 3.63) is 65.7 Å². The van der Waals surface area contributed by atoms with Crippen LogP contribution in [0, 0.1) is 0 Å². The van der Waals surface area contributed by atoms with E-state index in [2.05, 4.69) is 15.6 Å². The molecule has 2 heterocycles. The first-order valence-electron chi connectivity index (χ1n) is 10.5. The van der Waals surface area contributed by atoms with Crippen molar-refractivity contribution >= 4 is 28.3 Å². The van der Waals surface area contributed by atoms with Crippen LogP contribution in [-0.2, 0) is 22.7 Å². The van der Waals surface area contributed by atoms with Gasteiger partial charge in [0.25, 0.3) is 0 Å². The second-order valence-corrected chi connectivity index (χ2v) is 9.94. The first kappa shape index (κ1) is 25.5. The second kappa shape index (κ2) is 10.0. The number of aliphatic imine (C=N–C) groups is 1. The third-order valence-corrected chi connectivity index (χ3v) is 7.91. The fraction of sp³-hybridized carbons (Fsp3) is 0.409. The zero-order valence-corrected chi connectivity index (χ0v) is 19.4. The Labute approximate surface area is 197 Å². The SMILES string of the molecule is Cl.O=S(=O)(c1ccccc1)N1CCC2(CC1)NCCN=C2NCc1ccc(C(F)(F)F)cc1. The standard InChI is InChI=1S/C22H25F3N4O2S.ClH/c23-22(24,25)18-8-6-17(7-9-18)16-27-20-21(28-13-12-26-20)10-14-29(15-11-21)32(30,31)19-4-2-1-3-5-19;/h1-9,28H,10-16H2,(H,26,27);1H. The van der Waals surface area contributed by atoms with Crippen LogP contribution in [0.1, 0.15) is 24.0 Å². The van der Waals surface area contributed by atoms with E-state index in [1.807, 2.05) is 0 Å². The summed E-state index contributed by atoms with van der Waals surface area (Å²) < 4.78 is 65.7. The van der Waals surface area contributed by atoms with Crippen molar-refractivity contribution in [1.29, 1.82) is 0 Å². The van der Waals surface area contributed by atoms with E-state index in [1.165, 1.54) is 16.4 Å². The van der Waals surface area contributed by atoms with E-state index in [-0.39, 0.29) is 17.3 Å². The summed E-state index contributed by atoms with van der Waals surface area (Å²) in [6.45, 7) is 2.32. The Hall–Kier alpha value is -2.14. The molecule has 0 radical (unpaired) electrons. The molecule has 0 saturated carbocycles. The molecule has 0 unspecified atom stereocenters. The van der Waals surface area contributed by atoms with Gasteiger partial charge in [-0.05, 0) is 42.7 Å². The first-order chi connectivity index (χ1) is 15.2.